The second kappa shape index (κ2) is 6.20. The van der Waals surface area contributed by atoms with Crippen LogP contribution in [0.2, 0.25) is 0 Å². The smallest absolute Gasteiger partial charge is 0.161 e. The van der Waals surface area contributed by atoms with Gasteiger partial charge in [-0.1, -0.05) is 6.92 Å². The van der Waals surface area contributed by atoms with Crippen molar-refractivity contribution in [1.82, 2.24) is 15.1 Å². The molecule has 1 atom stereocenters. The van der Waals surface area contributed by atoms with Crippen LogP contribution in [-0.4, -0.2) is 23.4 Å². The van der Waals surface area contributed by atoms with Gasteiger partial charge in [-0.05, 0) is 43.9 Å². The molecule has 0 aliphatic heterocycles. The minimum Gasteiger partial charge on any atom is -0.493 e. The highest BCUT2D eigenvalue weighted by molar-refractivity contribution is 7.12. The molecule has 2 heterocycles. The maximum absolute atomic E-state index is 5.50. The van der Waals surface area contributed by atoms with Crippen LogP contribution in [0.1, 0.15) is 46.8 Å². The Morgan fingerprint density at radius 2 is 2.24 bits per heavy atom. The molecule has 0 aromatic carbocycles. The summed E-state index contributed by atoms with van der Waals surface area (Å²) in [5.74, 6) is 0.856. The minimum atomic E-state index is 0.160. The Labute approximate surface area is 130 Å². The number of rotatable bonds is 5. The fourth-order valence-corrected chi connectivity index (χ4v) is 4.44. The number of aryl methyl sites for hydroxylation is 3. The van der Waals surface area contributed by atoms with Crippen molar-refractivity contribution in [3.63, 3.8) is 0 Å². The third-order valence-electron chi connectivity index (χ3n) is 4.15. The average Bonchev–Trinajstić information content (AvgIpc) is 3.08. The Kier molecular flexibility index (Phi) is 4.31. The van der Waals surface area contributed by atoms with Crippen molar-refractivity contribution in [1.29, 1.82) is 0 Å². The van der Waals surface area contributed by atoms with E-state index in [9.17, 15) is 0 Å². The van der Waals surface area contributed by atoms with Crippen LogP contribution in [0.5, 0.6) is 5.75 Å². The summed E-state index contributed by atoms with van der Waals surface area (Å²) in [6, 6.07) is 2.55. The van der Waals surface area contributed by atoms with Gasteiger partial charge >= 0.3 is 0 Å². The van der Waals surface area contributed by atoms with Gasteiger partial charge in [0.1, 0.15) is 5.69 Å². The zero-order valence-corrected chi connectivity index (χ0v) is 13.8. The van der Waals surface area contributed by atoms with Gasteiger partial charge in [0.25, 0.3) is 0 Å². The molecule has 1 aliphatic carbocycles. The standard InChI is InChI=1S/C16H23N3OS/c1-4-17-15(16-12(20-3)10-18-19(16)2)14-9-11-7-5-6-8-13(11)21-14/h9-10,15,17H,4-8H2,1-3H3. The number of nitrogens with one attached hydrogen (secondary N) is 1. The van der Waals surface area contributed by atoms with E-state index in [1.54, 1.807) is 23.7 Å². The maximum Gasteiger partial charge on any atom is 0.161 e. The van der Waals surface area contributed by atoms with E-state index in [1.807, 2.05) is 23.1 Å². The SMILES string of the molecule is CCNC(c1cc2c(s1)CCCC2)c1c(OC)cnn1C. The van der Waals surface area contributed by atoms with Gasteiger partial charge in [-0.25, -0.2) is 0 Å². The Bertz CT molecular complexity index is 594. The zero-order chi connectivity index (χ0) is 14.8. The summed E-state index contributed by atoms with van der Waals surface area (Å²) in [6.45, 7) is 3.06. The molecular formula is C16H23N3OS. The highest BCUT2D eigenvalue weighted by Crippen LogP contribution is 2.37. The van der Waals surface area contributed by atoms with Crippen LogP contribution in [-0.2, 0) is 19.9 Å². The predicted molar refractivity (Wildman–Crippen MR) is 86.2 cm³/mol. The number of thiophene rings is 1. The summed E-state index contributed by atoms with van der Waals surface area (Å²) in [6.07, 6.45) is 6.92. The van der Waals surface area contributed by atoms with E-state index in [-0.39, 0.29) is 6.04 Å². The van der Waals surface area contributed by atoms with Crippen LogP contribution in [0.4, 0.5) is 0 Å². The molecule has 114 valence electrons. The molecule has 1 N–H and O–H groups in total. The number of fused-ring (bicyclic) bond motifs is 1. The van der Waals surface area contributed by atoms with Crippen molar-refractivity contribution in [2.45, 2.75) is 38.6 Å². The summed E-state index contributed by atoms with van der Waals surface area (Å²) in [5, 5.41) is 7.95. The Morgan fingerprint density at radius 1 is 1.43 bits per heavy atom. The maximum atomic E-state index is 5.50. The van der Waals surface area contributed by atoms with E-state index in [0.717, 1.165) is 18.0 Å². The van der Waals surface area contributed by atoms with Crippen molar-refractivity contribution in [2.75, 3.05) is 13.7 Å². The lowest BCUT2D eigenvalue weighted by Gasteiger charge is -2.18. The Morgan fingerprint density at radius 3 is 2.95 bits per heavy atom. The molecule has 3 rings (SSSR count). The van der Waals surface area contributed by atoms with Gasteiger partial charge < -0.3 is 10.1 Å². The lowest BCUT2D eigenvalue weighted by Crippen LogP contribution is -2.24. The normalized spacial score (nSPS) is 15.8. The second-order valence-corrected chi connectivity index (χ2v) is 6.69. The van der Waals surface area contributed by atoms with Crippen molar-refractivity contribution in [3.05, 3.63) is 33.3 Å². The summed E-state index contributed by atoms with van der Waals surface area (Å²) < 4.78 is 7.42. The number of aromatic nitrogens is 2. The van der Waals surface area contributed by atoms with Gasteiger partial charge in [0, 0.05) is 16.8 Å². The monoisotopic (exact) mass is 305 g/mol. The number of methoxy groups -OCH3 is 1. The lowest BCUT2D eigenvalue weighted by molar-refractivity contribution is 0.401. The molecule has 4 nitrogen and oxygen atoms in total. The van der Waals surface area contributed by atoms with E-state index >= 15 is 0 Å². The Balaban J connectivity index is 2.01. The van der Waals surface area contributed by atoms with E-state index < -0.39 is 0 Å². The van der Waals surface area contributed by atoms with Gasteiger partial charge in [-0.3, -0.25) is 4.68 Å². The molecule has 21 heavy (non-hydrogen) atoms. The second-order valence-electron chi connectivity index (χ2n) is 5.52. The fraction of sp³-hybridized carbons (Fsp3) is 0.562. The van der Waals surface area contributed by atoms with Crippen molar-refractivity contribution >= 4 is 11.3 Å². The van der Waals surface area contributed by atoms with Crippen LogP contribution in [0, 0.1) is 0 Å². The zero-order valence-electron chi connectivity index (χ0n) is 13.0. The number of nitrogens with zero attached hydrogens (tertiary/aromatic N) is 2. The van der Waals surface area contributed by atoms with Crippen LogP contribution < -0.4 is 10.1 Å². The molecular weight excluding hydrogens is 282 g/mol. The highest BCUT2D eigenvalue weighted by atomic mass is 32.1. The van der Waals surface area contributed by atoms with Gasteiger partial charge in [0.2, 0.25) is 0 Å². The molecule has 0 bridgehead atoms. The topological polar surface area (TPSA) is 39.1 Å². The molecule has 0 amide bonds. The molecule has 1 unspecified atom stereocenters. The average molecular weight is 305 g/mol. The van der Waals surface area contributed by atoms with Crippen LogP contribution >= 0.6 is 11.3 Å². The lowest BCUT2D eigenvalue weighted by atomic mass is 9.98. The van der Waals surface area contributed by atoms with Crippen LogP contribution in [0.15, 0.2) is 12.3 Å². The Hall–Kier alpha value is -1.33. The third kappa shape index (κ3) is 2.72. The van der Waals surface area contributed by atoms with Gasteiger partial charge in [0.05, 0.1) is 19.3 Å². The van der Waals surface area contributed by atoms with Crippen molar-refractivity contribution in [2.24, 2.45) is 7.05 Å². The minimum absolute atomic E-state index is 0.160. The first-order valence-electron chi connectivity index (χ1n) is 7.65. The van der Waals surface area contributed by atoms with E-state index in [1.165, 1.54) is 30.6 Å². The van der Waals surface area contributed by atoms with E-state index in [0.29, 0.717) is 0 Å². The highest BCUT2D eigenvalue weighted by Gasteiger charge is 2.25. The van der Waals surface area contributed by atoms with Gasteiger partial charge in [0.15, 0.2) is 5.75 Å². The third-order valence-corrected chi connectivity index (χ3v) is 5.45. The predicted octanol–water partition coefficient (Wildman–Crippen LogP) is 3.07. The molecule has 2 aromatic heterocycles. The fourth-order valence-electron chi connectivity index (χ4n) is 3.11. The molecule has 5 heteroatoms. The first kappa shape index (κ1) is 14.6. The molecule has 0 saturated carbocycles. The number of hydrogen-bond acceptors (Lipinski definition) is 4. The summed E-state index contributed by atoms with van der Waals surface area (Å²) in [4.78, 5) is 2.95. The molecule has 0 spiro atoms. The first-order chi connectivity index (χ1) is 10.2. The molecule has 1 aliphatic rings. The summed E-state index contributed by atoms with van der Waals surface area (Å²) >= 11 is 1.95. The summed E-state index contributed by atoms with van der Waals surface area (Å²) in [7, 11) is 3.69. The van der Waals surface area contributed by atoms with Crippen molar-refractivity contribution in [3.8, 4) is 5.75 Å². The van der Waals surface area contributed by atoms with E-state index in [2.05, 4.69) is 23.4 Å². The van der Waals surface area contributed by atoms with Crippen molar-refractivity contribution < 1.29 is 4.74 Å². The van der Waals surface area contributed by atoms with Gasteiger partial charge in [-0.2, -0.15) is 5.10 Å². The largest absolute Gasteiger partial charge is 0.493 e. The molecule has 0 radical (unpaired) electrons. The first-order valence-corrected chi connectivity index (χ1v) is 8.47. The van der Waals surface area contributed by atoms with E-state index in [4.69, 9.17) is 4.74 Å². The van der Waals surface area contributed by atoms with Gasteiger partial charge in [-0.15, -0.1) is 11.3 Å². The van der Waals surface area contributed by atoms with Crippen LogP contribution in [0.3, 0.4) is 0 Å². The number of ether oxygens (including phenoxy) is 1. The molecule has 0 saturated heterocycles. The summed E-state index contributed by atoms with van der Waals surface area (Å²) in [5.41, 5.74) is 2.66. The van der Waals surface area contributed by atoms with Crippen LogP contribution in [0.25, 0.3) is 0 Å². The number of hydrogen-bond donors (Lipinski definition) is 1. The molecule has 2 aromatic rings. The molecule has 0 fully saturated rings. The quantitative estimate of drug-likeness (QED) is 0.923.